The Labute approximate surface area is 111 Å². The van der Waals surface area contributed by atoms with Gasteiger partial charge in [0.1, 0.15) is 5.82 Å². The first-order valence-corrected chi connectivity index (χ1v) is 5.56. The number of hydrogen-bond acceptors (Lipinski definition) is 2. The van der Waals surface area contributed by atoms with Gasteiger partial charge in [-0.2, -0.15) is 13.2 Å². The third-order valence-corrected chi connectivity index (χ3v) is 2.74. The number of carbonyl (C=O) groups excluding carboxylic acids is 1. The second-order valence-electron chi connectivity index (χ2n) is 4.10. The fraction of sp³-hybridized carbons (Fsp3) is 0.0714. The van der Waals surface area contributed by atoms with Gasteiger partial charge in [-0.1, -0.05) is 18.2 Å². The van der Waals surface area contributed by atoms with E-state index in [-0.39, 0.29) is 11.1 Å². The summed E-state index contributed by atoms with van der Waals surface area (Å²) in [5.74, 6) is -1.41. The Morgan fingerprint density at radius 2 is 1.70 bits per heavy atom. The molecular weight excluding hydrogens is 274 g/mol. The summed E-state index contributed by atoms with van der Waals surface area (Å²) in [6.07, 6.45) is -4.65. The summed E-state index contributed by atoms with van der Waals surface area (Å²) in [6, 6.07) is 7.74. The lowest BCUT2D eigenvalue weighted by molar-refractivity contribution is -0.136. The van der Waals surface area contributed by atoms with Crippen molar-refractivity contribution in [2.45, 2.75) is 6.18 Å². The minimum atomic E-state index is -4.65. The van der Waals surface area contributed by atoms with Crippen molar-refractivity contribution in [1.29, 1.82) is 0 Å². The number of hydrogen-bond donors (Lipinski definition) is 1. The molecule has 0 heterocycles. The first-order valence-electron chi connectivity index (χ1n) is 5.56. The summed E-state index contributed by atoms with van der Waals surface area (Å²) < 4.78 is 51.2. The number of halogens is 4. The van der Waals surface area contributed by atoms with E-state index in [0.717, 1.165) is 24.3 Å². The quantitative estimate of drug-likeness (QED) is 0.519. The van der Waals surface area contributed by atoms with Crippen LogP contribution in [0.5, 0.6) is 0 Å². The number of alkyl halides is 3. The van der Waals surface area contributed by atoms with Crippen molar-refractivity contribution in [3.8, 4) is 0 Å². The van der Waals surface area contributed by atoms with E-state index in [2.05, 4.69) is 0 Å². The van der Waals surface area contributed by atoms with Crippen molar-refractivity contribution in [1.82, 2.24) is 0 Å². The number of benzene rings is 2. The van der Waals surface area contributed by atoms with Crippen molar-refractivity contribution in [3.05, 3.63) is 65.0 Å². The molecule has 0 fully saturated rings. The summed E-state index contributed by atoms with van der Waals surface area (Å²) >= 11 is 0. The molecule has 0 aliphatic rings. The molecule has 0 bridgehead atoms. The number of carbonyl (C=O) groups is 1. The summed E-state index contributed by atoms with van der Waals surface area (Å²) in [7, 11) is 0. The molecule has 2 nitrogen and oxygen atoms in total. The fourth-order valence-electron chi connectivity index (χ4n) is 1.80. The smallest absolute Gasteiger partial charge is 0.398 e. The molecule has 0 radical (unpaired) electrons. The highest BCUT2D eigenvalue weighted by Crippen LogP contribution is 2.35. The van der Waals surface area contributed by atoms with Gasteiger partial charge < -0.3 is 5.73 Å². The zero-order valence-corrected chi connectivity index (χ0v) is 10.0. The number of anilines is 1. The number of nitrogen functional groups attached to an aromatic ring is 1. The lowest BCUT2D eigenvalue weighted by Gasteiger charge is -2.12. The monoisotopic (exact) mass is 283 g/mol. The summed E-state index contributed by atoms with van der Waals surface area (Å²) in [5.41, 5.74) is 3.31. The molecule has 20 heavy (non-hydrogen) atoms. The fourth-order valence-corrected chi connectivity index (χ4v) is 1.80. The number of nitrogens with two attached hydrogens (primary N) is 1. The van der Waals surface area contributed by atoms with Gasteiger partial charge in [0, 0.05) is 11.1 Å². The topological polar surface area (TPSA) is 43.1 Å². The van der Waals surface area contributed by atoms with E-state index >= 15 is 0 Å². The molecular formula is C14H9F4NO. The predicted molar refractivity (Wildman–Crippen MR) is 65.7 cm³/mol. The highest BCUT2D eigenvalue weighted by atomic mass is 19.4. The zero-order chi connectivity index (χ0) is 14.9. The van der Waals surface area contributed by atoms with E-state index in [1.54, 1.807) is 0 Å². The molecule has 2 aromatic rings. The highest BCUT2D eigenvalue weighted by Gasteiger charge is 2.34. The van der Waals surface area contributed by atoms with Gasteiger partial charge in [-0.15, -0.1) is 0 Å². The van der Waals surface area contributed by atoms with Gasteiger partial charge in [0.25, 0.3) is 0 Å². The van der Waals surface area contributed by atoms with Crippen LogP contribution in [0.25, 0.3) is 0 Å². The average molecular weight is 283 g/mol. The molecule has 0 spiro atoms. The van der Waals surface area contributed by atoms with Gasteiger partial charge >= 0.3 is 6.18 Å². The average Bonchev–Trinajstić information content (AvgIpc) is 2.37. The molecule has 0 amide bonds. The van der Waals surface area contributed by atoms with Crippen LogP contribution in [-0.2, 0) is 6.18 Å². The first kappa shape index (κ1) is 14.0. The van der Waals surface area contributed by atoms with Gasteiger partial charge in [0.05, 0.1) is 11.3 Å². The minimum Gasteiger partial charge on any atom is -0.398 e. The van der Waals surface area contributed by atoms with Crippen molar-refractivity contribution in [2.75, 3.05) is 5.73 Å². The molecule has 0 aliphatic carbocycles. The Balaban J connectivity index is 2.51. The van der Waals surface area contributed by atoms with Gasteiger partial charge in [-0.25, -0.2) is 4.39 Å². The molecule has 2 N–H and O–H groups in total. The molecule has 0 aliphatic heterocycles. The van der Waals surface area contributed by atoms with Gasteiger partial charge in [0.15, 0.2) is 5.78 Å². The largest absolute Gasteiger partial charge is 0.418 e. The first-order chi connectivity index (χ1) is 9.30. The van der Waals surface area contributed by atoms with Crippen LogP contribution in [0, 0.1) is 5.82 Å². The standard InChI is InChI=1S/C14H9F4NO/c15-9-4-1-3-8(7-9)13(20)10-5-2-6-11(12(10)19)14(16,17)18/h1-7H,19H2. The van der Waals surface area contributed by atoms with Crippen LogP contribution >= 0.6 is 0 Å². The van der Waals surface area contributed by atoms with E-state index in [9.17, 15) is 22.4 Å². The van der Waals surface area contributed by atoms with Crippen molar-refractivity contribution in [3.63, 3.8) is 0 Å². The van der Waals surface area contributed by atoms with Gasteiger partial charge in [-0.05, 0) is 24.3 Å². The normalized spacial score (nSPS) is 11.4. The number of ketones is 1. The maximum Gasteiger partial charge on any atom is 0.418 e. The Morgan fingerprint density at radius 1 is 1.05 bits per heavy atom. The number of para-hydroxylation sites is 1. The Hall–Kier alpha value is -2.37. The van der Waals surface area contributed by atoms with Gasteiger partial charge in [0.2, 0.25) is 0 Å². The zero-order valence-electron chi connectivity index (χ0n) is 10.0. The van der Waals surface area contributed by atoms with Crippen LogP contribution in [0.15, 0.2) is 42.5 Å². The predicted octanol–water partition coefficient (Wildman–Crippen LogP) is 3.66. The third-order valence-electron chi connectivity index (χ3n) is 2.74. The van der Waals surface area contributed by atoms with E-state index in [4.69, 9.17) is 5.73 Å². The van der Waals surface area contributed by atoms with Crippen LogP contribution in [0.2, 0.25) is 0 Å². The lowest BCUT2D eigenvalue weighted by Crippen LogP contribution is -2.13. The Bertz CT molecular complexity index is 664. The lowest BCUT2D eigenvalue weighted by atomic mass is 9.98. The highest BCUT2D eigenvalue weighted by molar-refractivity contribution is 6.12. The van der Waals surface area contributed by atoms with Gasteiger partial charge in [-0.3, -0.25) is 4.79 Å². The maximum absolute atomic E-state index is 13.0. The minimum absolute atomic E-state index is 0.0592. The van der Waals surface area contributed by atoms with E-state index in [1.165, 1.54) is 18.2 Å². The second-order valence-corrected chi connectivity index (χ2v) is 4.10. The molecule has 0 aromatic heterocycles. The second kappa shape index (κ2) is 4.96. The molecule has 2 rings (SSSR count). The van der Waals surface area contributed by atoms with Crippen LogP contribution in [0.3, 0.4) is 0 Å². The molecule has 0 unspecified atom stereocenters. The maximum atomic E-state index is 13.0. The Morgan fingerprint density at radius 3 is 2.30 bits per heavy atom. The van der Waals surface area contributed by atoms with E-state index < -0.39 is 29.0 Å². The van der Waals surface area contributed by atoms with E-state index in [0.29, 0.717) is 0 Å². The Kier molecular flexibility index (Phi) is 3.48. The van der Waals surface area contributed by atoms with Crippen LogP contribution < -0.4 is 5.73 Å². The van der Waals surface area contributed by atoms with Crippen LogP contribution in [0.1, 0.15) is 21.5 Å². The molecule has 0 saturated heterocycles. The summed E-state index contributed by atoms with van der Waals surface area (Å²) in [5, 5.41) is 0. The van der Waals surface area contributed by atoms with Crippen molar-refractivity contribution in [2.24, 2.45) is 0 Å². The molecule has 6 heteroatoms. The van der Waals surface area contributed by atoms with Crippen LogP contribution in [0.4, 0.5) is 23.2 Å². The molecule has 0 atom stereocenters. The van der Waals surface area contributed by atoms with Crippen molar-refractivity contribution >= 4 is 11.5 Å². The van der Waals surface area contributed by atoms with E-state index in [1.807, 2.05) is 0 Å². The summed E-state index contributed by atoms with van der Waals surface area (Å²) in [4.78, 5) is 12.1. The number of rotatable bonds is 2. The summed E-state index contributed by atoms with van der Waals surface area (Å²) in [6.45, 7) is 0. The molecule has 0 saturated carbocycles. The molecule has 104 valence electrons. The third kappa shape index (κ3) is 2.64. The molecule has 2 aromatic carbocycles. The SMILES string of the molecule is Nc1c(C(=O)c2cccc(F)c2)cccc1C(F)(F)F. The van der Waals surface area contributed by atoms with Crippen LogP contribution in [-0.4, -0.2) is 5.78 Å². The van der Waals surface area contributed by atoms with Crippen molar-refractivity contribution < 1.29 is 22.4 Å².